The molecule has 0 aromatic carbocycles. The van der Waals surface area contributed by atoms with Crippen molar-refractivity contribution < 1.29 is 4.74 Å². The molecule has 4 heteroatoms. The van der Waals surface area contributed by atoms with Crippen molar-refractivity contribution in [2.24, 2.45) is 0 Å². The molecule has 0 aliphatic carbocycles. The van der Waals surface area contributed by atoms with Crippen LogP contribution in [0, 0.1) is 0 Å². The van der Waals surface area contributed by atoms with Gasteiger partial charge in [-0.05, 0) is 26.1 Å². The van der Waals surface area contributed by atoms with Gasteiger partial charge in [0.05, 0.1) is 17.9 Å². The summed E-state index contributed by atoms with van der Waals surface area (Å²) in [6, 6.07) is 6.01. The van der Waals surface area contributed by atoms with E-state index in [1.165, 1.54) is 0 Å². The Morgan fingerprint density at radius 3 is 2.88 bits per heavy atom. The first kappa shape index (κ1) is 12.5. The molecule has 0 atom stereocenters. The molecule has 0 radical (unpaired) electrons. The second-order valence-corrected chi connectivity index (χ2v) is 4.96. The minimum atomic E-state index is 0.0613. The highest BCUT2D eigenvalue weighted by molar-refractivity contribution is 5.02. The van der Waals surface area contributed by atoms with Gasteiger partial charge in [-0.25, -0.2) is 0 Å². The first-order valence-electron chi connectivity index (χ1n) is 6.11. The lowest BCUT2D eigenvalue weighted by atomic mass is 10.0. The van der Waals surface area contributed by atoms with E-state index in [-0.39, 0.29) is 5.60 Å². The smallest absolute Gasteiger partial charge is 0.0902 e. The number of hydrogen-bond donors (Lipinski definition) is 1. The highest BCUT2D eigenvalue weighted by Crippen LogP contribution is 2.14. The third-order valence-corrected chi connectivity index (χ3v) is 3.08. The van der Waals surface area contributed by atoms with Crippen LogP contribution >= 0.6 is 0 Å². The van der Waals surface area contributed by atoms with Gasteiger partial charge in [0.1, 0.15) is 0 Å². The van der Waals surface area contributed by atoms with Gasteiger partial charge in [-0.15, -0.1) is 0 Å². The Balaban J connectivity index is 1.65. The van der Waals surface area contributed by atoms with Crippen LogP contribution < -0.4 is 5.32 Å². The number of aromatic nitrogens is 1. The number of pyridine rings is 1. The topological polar surface area (TPSA) is 37.4 Å². The quantitative estimate of drug-likeness (QED) is 0.794. The molecule has 0 spiro atoms. The van der Waals surface area contributed by atoms with Crippen LogP contribution in [-0.4, -0.2) is 48.8 Å². The molecule has 2 heterocycles. The maximum Gasteiger partial charge on any atom is 0.0902 e. The molecule has 94 valence electrons. The summed E-state index contributed by atoms with van der Waals surface area (Å²) in [6.07, 6.45) is 1.83. The summed E-state index contributed by atoms with van der Waals surface area (Å²) in [6.45, 7) is 6.68. The lowest BCUT2D eigenvalue weighted by Gasteiger charge is -2.39. The number of ether oxygens (including phenoxy) is 1. The lowest BCUT2D eigenvalue weighted by Crippen LogP contribution is -2.59. The second-order valence-electron chi connectivity index (χ2n) is 4.96. The summed E-state index contributed by atoms with van der Waals surface area (Å²) in [7, 11) is 2.10. The van der Waals surface area contributed by atoms with E-state index in [0.717, 1.165) is 38.5 Å². The van der Waals surface area contributed by atoms with Crippen molar-refractivity contribution in [3.05, 3.63) is 30.1 Å². The average Bonchev–Trinajstić information content (AvgIpc) is 2.28. The van der Waals surface area contributed by atoms with Gasteiger partial charge in [-0.2, -0.15) is 0 Å². The van der Waals surface area contributed by atoms with Crippen molar-refractivity contribution >= 4 is 0 Å². The highest BCUT2D eigenvalue weighted by Gasteiger charge is 2.32. The van der Waals surface area contributed by atoms with Crippen LogP contribution in [0.25, 0.3) is 0 Å². The number of nitrogens with one attached hydrogen (secondary N) is 1. The van der Waals surface area contributed by atoms with Crippen molar-refractivity contribution in [1.29, 1.82) is 0 Å². The largest absolute Gasteiger partial charge is 0.371 e. The molecule has 1 fully saturated rings. The number of likely N-dealkylation sites (N-methyl/N-ethyl adjacent to an activating group) is 1. The van der Waals surface area contributed by atoms with Gasteiger partial charge >= 0.3 is 0 Å². The zero-order valence-corrected chi connectivity index (χ0v) is 10.6. The third kappa shape index (κ3) is 3.77. The maximum absolute atomic E-state index is 5.85. The van der Waals surface area contributed by atoms with E-state index in [0.29, 0.717) is 0 Å². The Labute approximate surface area is 103 Å². The van der Waals surface area contributed by atoms with E-state index in [4.69, 9.17) is 4.74 Å². The molecule has 2 rings (SSSR count). The third-order valence-electron chi connectivity index (χ3n) is 3.08. The van der Waals surface area contributed by atoms with E-state index in [2.05, 4.69) is 35.2 Å². The number of hydrogen-bond acceptors (Lipinski definition) is 4. The molecular weight excluding hydrogens is 214 g/mol. The molecule has 1 aliphatic rings. The molecular formula is C13H21N3O. The molecule has 0 saturated carbocycles. The second kappa shape index (κ2) is 5.58. The van der Waals surface area contributed by atoms with E-state index in [1.807, 2.05) is 18.3 Å². The summed E-state index contributed by atoms with van der Waals surface area (Å²) in [5.41, 5.74) is 1.16. The normalized spacial score (nSPS) is 18.1. The fraction of sp³-hybridized carbons (Fsp3) is 0.615. The SMILES string of the molecule is CN(CCOC1(C)CNC1)Cc1ccccn1. The summed E-state index contributed by atoms with van der Waals surface area (Å²) >= 11 is 0. The highest BCUT2D eigenvalue weighted by atomic mass is 16.5. The molecule has 0 amide bonds. The fourth-order valence-electron chi connectivity index (χ4n) is 1.87. The zero-order valence-electron chi connectivity index (χ0n) is 10.6. The molecule has 1 aromatic rings. The van der Waals surface area contributed by atoms with Gasteiger partial charge < -0.3 is 10.1 Å². The lowest BCUT2D eigenvalue weighted by molar-refractivity contribution is -0.0712. The standard InChI is InChI=1S/C13H21N3O/c1-13(10-14-11-13)17-8-7-16(2)9-12-5-3-4-6-15-12/h3-6,14H,7-11H2,1-2H3. The molecule has 17 heavy (non-hydrogen) atoms. The molecule has 1 aliphatic heterocycles. The first-order valence-corrected chi connectivity index (χ1v) is 6.11. The molecule has 1 N–H and O–H groups in total. The molecule has 4 nitrogen and oxygen atoms in total. The zero-order chi connectivity index (χ0) is 12.1. The summed E-state index contributed by atoms with van der Waals surface area (Å²) < 4.78 is 5.85. The minimum absolute atomic E-state index is 0.0613. The van der Waals surface area contributed by atoms with Crippen LogP contribution in [-0.2, 0) is 11.3 Å². The fourth-order valence-corrected chi connectivity index (χ4v) is 1.87. The summed E-state index contributed by atoms with van der Waals surface area (Å²) in [5.74, 6) is 0. The van der Waals surface area contributed by atoms with Crippen LogP contribution in [0.2, 0.25) is 0 Å². The molecule has 1 saturated heterocycles. The predicted molar refractivity (Wildman–Crippen MR) is 67.8 cm³/mol. The Kier molecular flexibility index (Phi) is 4.10. The van der Waals surface area contributed by atoms with Gasteiger partial charge in [0, 0.05) is 32.4 Å². The number of rotatable bonds is 6. The van der Waals surface area contributed by atoms with Crippen LogP contribution in [0.15, 0.2) is 24.4 Å². The maximum atomic E-state index is 5.85. The van der Waals surface area contributed by atoms with E-state index in [9.17, 15) is 0 Å². The summed E-state index contributed by atoms with van der Waals surface area (Å²) in [5, 5.41) is 3.23. The van der Waals surface area contributed by atoms with Crippen LogP contribution in [0.5, 0.6) is 0 Å². The van der Waals surface area contributed by atoms with E-state index in [1.54, 1.807) is 0 Å². The van der Waals surface area contributed by atoms with E-state index < -0.39 is 0 Å². The van der Waals surface area contributed by atoms with Gasteiger partial charge in [-0.1, -0.05) is 6.07 Å². The average molecular weight is 235 g/mol. The van der Waals surface area contributed by atoms with Crippen LogP contribution in [0.3, 0.4) is 0 Å². The Bertz CT molecular complexity index is 338. The van der Waals surface area contributed by atoms with Crippen LogP contribution in [0.4, 0.5) is 0 Å². The van der Waals surface area contributed by atoms with Crippen molar-refractivity contribution in [2.45, 2.75) is 19.1 Å². The van der Waals surface area contributed by atoms with Gasteiger partial charge in [0.25, 0.3) is 0 Å². The Morgan fingerprint density at radius 1 is 1.47 bits per heavy atom. The van der Waals surface area contributed by atoms with Crippen molar-refractivity contribution in [3.63, 3.8) is 0 Å². The monoisotopic (exact) mass is 235 g/mol. The van der Waals surface area contributed by atoms with Gasteiger partial charge in [0.15, 0.2) is 0 Å². The molecule has 1 aromatic heterocycles. The minimum Gasteiger partial charge on any atom is -0.371 e. The van der Waals surface area contributed by atoms with Gasteiger partial charge in [-0.3, -0.25) is 9.88 Å². The Morgan fingerprint density at radius 2 is 2.29 bits per heavy atom. The molecule has 0 bridgehead atoms. The predicted octanol–water partition coefficient (Wildman–Crippen LogP) is 0.892. The first-order chi connectivity index (χ1) is 8.18. The van der Waals surface area contributed by atoms with E-state index >= 15 is 0 Å². The van der Waals surface area contributed by atoms with Crippen molar-refractivity contribution in [3.8, 4) is 0 Å². The molecule has 0 unspecified atom stereocenters. The summed E-state index contributed by atoms with van der Waals surface area (Å²) in [4.78, 5) is 6.54. The Hall–Kier alpha value is -0.970. The van der Waals surface area contributed by atoms with Gasteiger partial charge in [0.2, 0.25) is 0 Å². The van der Waals surface area contributed by atoms with Crippen molar-refractivity contribution in [2.75, 3.05) is 33.3 Å². The van der Waals surface area contributed by atoms with Crippen molar-refractivity contribution in [1.82, 2.24) is 15.2 Å². The number of nitrogens with zero attached hydrogens (tertiary/aromatic N) is 2. The van der Waals surface area contributed by atoms with Crippen LogP contribution in [0.1, 0.15) is 12.6 Å².